The number of halogens is 1. The Labute approximate surface area is 112 Å². The highest BCUT2D eigenvalue weighted by Gasteiger charge is 2.20. The molecule has 4 heteroatoms. The molecule has 0 aromatic heterocycles. The second kappa shape index (κ2) is 6.48. The third-order valence-corrected chi connectivity index (χ3v) is 3.45. The second-order valence-electron chi connectivity index (χ2n) is 4.84. The van der Waals surface area contributed by atoms with Crippen LogP contribution in [0.1, 0.15) is 18.4 Å². The van der Waals surface area contributed by atoms with Crippen LogP contribution in [-0.2, 0) is 4.79 Å². The summed E-state index contributed by atoms with van der Waals surface area (Å²) in [5, 5.41) is 9.04. The monoisotopic (exact) mass is 263 g/mol. The minimum Gasteiger partial charge on any atom is -0.396 e. The summed E-state index contributed by atoms with van der Waals surface area (Å²) < 4.78 is 13.0. The van der Waals surface area contributed by atoms with Gasteiger partial charge in [-0.1, -0.05) is 12.1 Å². The Kier molecular flexibility index (Phi) is 4.68. The number of likely N-dealkylation sites (tertiary alicyclic amines) is 1. The summed E-state index contributed by atoms with van der Waals surface area (Å²) in [6.07, 6.45) is 4.80. The van der Waals surface area contributed by atoms with Gasteiger partial charge in [0.2, 0.25) is 5.91 Å². The summed E-state index contributed by atoms with van der Waals surface area (Å²) in [6.45, 7) is 1.55. The van der Waals surface area contributed by atoms with Crippen LogP contribution in [0.3, 0.4) is 0 Å². The molecule has 0 aliphatic carbocycles. The van der Waals surface area contributed by atoms with Crippen LogP contribution in [0.4, 0.5) is 4.39 Å². The molecule has 1 heterocycles. The van der Waals surface area contributed by atoms with Crippen molar-refractivity contribution >= 4 is 12.0 Å². The quantitative estimate of drug-likeness (QED) is 0.848. The van der Waals surface area contributed by atoms with Gasteiger partial charge in [-0.2, -0.15) is 0 Å². The zero-order chi connectivity index (χ0) is 13.7. The Bertz CT molecular complexity index is 465. The van der Waals surface area contributed by atoms with Crippen molar-refractivity contribution < 1.29 is 14.3 Å². The van der Waals surface area contributed by atoms with Gasteiger partial charge in [-0.3, -0.25) is 4.79 Å². The lowest BCUT2D eigenvalue weighted by molar-refractivity contribution is -0.127. The number of aliphatic hydroxyl groups is 1. The molecule has 0 bridgehead atoms. The van der Waals surface area contributed by atoms with Gasteiger partial charge >= 0.3 is 0 Å². The molecule has 1 fully saturated rings. The number of piperidine rings is 1. The maximum atomic E-state index is 13.0. The van der Waals surface area contributed by atoms with Crippen LogP contribution in [0.15, 0.2) is 30.3 Å². The maximum Gasteiger partial charge on any atom is 0.246 e. The van der Waals surface area contributed by atoms with Crippen LogP contribution in [0.2, 0.25) is 0 Å². The average Bonchev–Trinajstić information content (AvgIpc) is 2.45. The Morgan fingerprint density at radius 3 is 2.79 bits per heavy atom. The Morgan fingerprint density at radius 2 is 2.16 bits per heavy atom. The first-order chi connectivity index (χ1) is 9.19. The van der Waals surface area contributed by atoms with Crippen LogP contribution in [0.5, 0.6) is 0 Å². The first-order valence-corrected chi connectivity index (χ1v) is 6.52. The molecule has 1 N–H and O–H groups in total. The van der Waals surface area contributed by atoms with Crippen molar-refractivity contribution in [3.63, 3.8) is 0 Å². The summed E-state index contributed by atoms with van der Waals surface area (Å²) >= 11 is 0. The summed E-state index contributed by atoms with van der Waals surface area (Å²) in [7, 11) is 0. The molecule has 0 radical (unpaired) electrons. The third-order valence-electron chi connectivity index (χ3n) is 3.45. The normalized spacial score (nSPS) is 17.1. The van der Waals surface area contributed by atoms with E-state index < -0.39 is 0 Å². The lowest BCUT2D eigenvalue weighted by atomic mass is 9.98. The van der Waals surface area contributed by atoms with E-state index in [4.69, 9.17) is 5.11 Å². The molecule has 1 aromatic rings. The predicted molar refractivity (Wildman–Crippen MR) is 71.8 cm³/mol. The van der Waals surface area contributed by atoms with Gasteiger partial charge in [0.25, 0.3) is 0 Å². The second-order valence-corrected chi connectivity index (χ2v) is 4.84. The fraction of sp³-hybridized carbons (Fsp3) is 0.400. The van der Waals surface area contributed by atoms with Crippen molar-refractivity contribution in [2.24, 2.45) is 5.92 Å². The number of rotatable bonds is 3. The number of nitrogens with zero attached hydrogens (tertiary/aromatic N) is 1. The largest absolute Gasteiger partial charge is 0.396 e. The van der Waals surface area contributed by atoms with Gasteiger partial charge in [0.15, 0.2) is 0 Å². The molecule has 1 aromatic carbocycles. The van der Waals surface area contributed by atoms with E-state index in [-0.39, 0.29) is 18.3 Å². The van der Waals surface area contributed by atoms with Gasteiger partial charge in [-0.15, -0.1) is 0 Å². The molecule has 1 saturated heterocycles. The SMILES string of the molecule is O=C(/C=C/c1cccc(F)c1)N1CCC(CO)CC1. The van der Waals surface area contributed by atoms with E-state index in [1.807, 2.05) is 0 Å². The number of hydrogen-bond donors (Lipinski definition) is 1. The van der Waals surface area contributed by atoms with E-state index in [2.05, 4.69) is 0 Å². The van der Waals surface area contributed by atoms with Crippen molar-refractivity contribution in [1.82, 2.24) is 4.90 Å². The molecule has 19 heavy (non-hydrogen) atoms. The fourth-order valence-corrected chi connectivity index (χ4v) is 2.22. The van der Waals surface area contributed by atoms with E-state index in [0.717, 1.165) is 12.8 Å². The first kappa shape index (κ1) is 13.7. The van der Waals surface area contributed by atoms with Crippen LogP contribution in [0, 0.1) is 11.7 Å². The zero-order valence-electron chi connectivity index (χ0n) is 10.8. The molecule has 3 nitrogen and oxygen atoms in total. The molecule has 1 amide bonds. The molecule has 102 valence electrons. The number of aliphatic hydroxyl groups excluding tert-OH is 1. The predicted octanol–water partition coefficient (Wildman–Crippen LogP) is 2.07. The number of carbonyl (C=O) groups is 1. The molecule has 1 aliphatic heterocycles. The minimum absolute atomic E-state index is 0.0550. The molecular formula is C15H18FNO2. The van der Waals surface area contributed by atoms with Crippen LogP contribution < -0.4 is 0 Å². The van der Waals surface area contributed by atoms with E-state index in [0.29, 0.717) is 24.6 Å². The highest BCUT2D eigenvalue weighted by molar-refractivity contribution is 5.91. The van der Waals surface area contributed by atoms with E-state index in [1.54, 1.807) is 23.1 Å². The van der Waals surface area contributed by atoms with Crippen molar-refractivity contribution in [1.29, 1.82) is 0 Å². The maximum absolute atomic E-state index is 13.0. The number of amides is 1. The number of carbonyl (C=O) groups excluding carboxylic acids is 1. The fourth-order valence-electron chi connectivity index (χ4n) is 2.22. The topological polar surface area (TPSA) is 40.5 Å². The Morgan fingerprint density at radius 1 is 1.42 bits per heavy atom. The van der Waals surface area contributed by atoms with Crippen LogP contribution in [-0.4, -0.2) is 35.6 Å². The van der Waals surface area contributed by atoms with E-state index >= 15 is 0 Å². The van der Waals surface area contributed by atoms with Crippen molar-refractivity contribution in [3.8, 4) is 0 Å². The number of benzene rings is 1. The standard InChI is InChI=1S/C15H18FNO2/c16-14-3-1-2-12(10-14)4-5-15(19)17-8-6-13(11-18)7-9-17/h1-5,10,13,18H,6-9,11H2/b5-4+. The van der Waals surface area contributed by atoms with Gasteiger partial charge in [-0.05, 0) is 42.5 Å². The summed E-state index contributed by atoms with van der Waals surface area (Å²) in [6, 6.07) is 6.14. The first-order valence-electron chi connectivity index (χ1n) is 6.52. The van der Waals surface area contributed by atoms with Gasteiger partial charge in [-0.25, -0.2) is 4.39 Å². The molecular weight excluding hydrogens is 245 g/mol. The Balaban J connectivity index is 1.91. The van der Waals surface area contributed by atoms with Gasteiger partial charge in [0.05, 0.1) is 0 Å². The average molecular weight is 263 g/mol. The Hall–Kier alpha value is -1.68. The highest BCUT2D eigenvalue weighted by Crippen LogP contribution is 2.16. The van der Waals surface area contributed by atoms with Gasteiger partial charge < -0.3 is 10.0 Å². The lowest BCUT2D eigenvalue weighted by Gasteiger charge is -2.30. The van der Waals surface area contributed by atoms with Crippen molar-refractivity contribution in [2.45, 2.75) is 12.8 Å². The van der Waals surface area contributed by atoms with Gasteiger partial charge in [0.1, 0.15) is 5.82 Å². The van der Waals surface area contributed by atoms with Crippen molar-refractivity contribution in [2.75, 3.05) is 19.7 Å². The van der Waals surface area contributed by atoms with Crippen LogP contribution >= 0.6 is 0 Å². The summed E-state index contributed by atoms with van der Waals surface area (Å²) in [5.41, 5.74) is 0.679. The van der Waals surface area contributed by atoms with Crippen molar-refractivity contribution in [3.05, 3.63) is 41.7 Å². The van der Waals surface area contributed by atoms with E-state index in [1.165, 1.54) is 18.2 Å². The molecule has 2 rings (SSSR count). The number of hydrogen-bond acceptors (Lipinski definition) is 2. The molecule has 0 saturated carbocycles. The van der Waals surface area contributed by atoms with Gasteiger partial charge in [0, 0.05) is 25.8 Å². The lowest BCUT2D eigenvalue weighted by Crippen LogP contribution is -2.38. The smallest absolute Gasteiger partial charge is 0.246 e. The minimum atomic E-state index is -0.307. The van der Waals surface area contributed by atoms with Crippen LogP contribution in [0.25, 0.3) is 6.08 Å². The molecule has 1 aliphatic rings. The highest BCUT2D eigenvalue weighted by atomic mass is 19.1. The third kappa shape index (κ3) is 3.89. The molecule has 0 unspecified atom stereocenters. The summed E-state index contributed by atoms with van der Waals surface area (Å²) in [5.74, 6) is -0.0461. The molecule has 0 atom stereocenters. The van der Waals surface area contributed by atoms with E-state index in [9.17, 15) is 9.18 Å². The molecule has 0 spiro atoms. The summed E-state index contributed by atoms with van der Waals surface area (Å²) in [4.78, 5) is 13.7. The zero-order valence-corrected chi connectivity index (χ0v) is 10.8.